The summed E-state index contributed by atoms with van der Waals surface area (Å²) in [5, 5.41) is 0.998. The van der Waals surface area contributed by atoms with Crippen molar-refractivity contribution in [2.75, 3.05) is 55.7 Å². The molecule has 2 fully saturated rings. The molecule has 4 aromatic rings. The number of carbonyl (C=O) groups excluding carboxylic acids is 2. The van der Waals surface area contributed by atoms with E-state index in [9.17, 15) is 9.59 Å². The summed E-state index contributed by atoms with van der Waals surface area (Å²) in [4.78, 5) is 37.6. The highest BCUT2D eigenvalue weighted by Gasteiger charge is 2.29. The summed E-state index contributed by atoms with van der Waals surface area (Å²) in [6, 6.07) is 20.3. The number of thioether (sulfide) groups is 1. The highest BCUT2D eigenvalue weighted by atomic mass is 32.2. The number of anilines is 1. The maximum atomic E-state index is 14.1. The maximum absolute atomic E-state index is 14.1. The Kier molecular flexibility index (Phi) is 7.04. The topological polar surface area (TPSA) is 61.7 Å². The van der Waals surface area contributed by atoms with Gasteiger partial charge in [0.05, 0.1) is 16.8 Å². The van der Waals surface area contributed by atoms with Crippen molar-refractivity contribution in [2.45, 2.75) is 6.92 Å². The number of rotatable bonds is 4. The lowest BCUT2D eigenvalue weighted by atomic mass is 10.0. The van der Waals surface area contributed by atoms with Crippen LogP contribution in [0.25, 0.3) is 22.2 Å². The zero-order chi connectivity index (χ0) is 26.9. The van der Waals surface area contributed by atoms with Crippen LogP contribution in [-0.2, 0) is 7.05 Å². The van der Waals surface area contributed by atoms with Crippen LogP contribution in [0.3, 0.4) is 0 Å². The Bertz CT molecular complexity index is 1500. The van der Waals surface area contributed by atoms with Gasteiger partial charge in [-0.05, 0) is 36.8 Å². The first-order valence-corrected chi connectivity index (χ1v) is 14.7. The molecule has 39 heavy (non-hydrogen) atoms. The number of amides is 2. The number of carbonyl (C=O) groups is 2. The van der Waals surface area contributed by atoms with Crippen LogP contribution in [0.15, 0.2) is 66.9 Å². The fraction of sp³-hybridized carbons (Fsp3) is 0.323. The van der Waals surface area contributed by atoms with Crippen molar-refractivity contribution in [3.8, 4) is 11.3 Å². The minimum atomic E-state index is 0.0595. The van der Waals surface area contributed by atoms with E-state index in [1.807, 2.05) is 58.9 Å². The Morgan fingerprint density at radius 2 is 1.54 bits per heavy atom. The molecule has 0 bridgehead atoms. The van der Waals surface area contributed by atoms with Gasteiger partial charge in [-0.2, -0.15) is 11.8 Å². The number of pyridine rings is 1. The Morgan fingerprint density at radius 3 is 2.23 bits per heavy atom. The van der Waals surface area contributed by atoms with E-state index in [4.69, 9.17) is 0 Å². The summed E-state index contributed by atoms with van der Waals surface area (Å²) in [6.07, 6.45) is 1.70. The molecule has 2 aliphatic rings. The fourth-order valence-corrected chi connectivity index (χ4v) is 6.56. The average Bonchev–Trinajstić information content (AvgIpc) is 3.28. The minimum Gasteiger partial charge on any atom is -0.353 e. The van der Waals surface area contributed by atoms with Gasteiger partial charge in [-0.15, -0.1) is 0 Å². The smallest absolute Gasteiger partial charge is 0.256 e. The molecule has 0 saturated carbocycles. The van der Waals surface area contributed by atoms with E-state index in [0.717, 1.165) is 63.7 Å². The third-order valence-electron chi connectivity index (χ3n) is 7.80. The summed E-state index contributed by atoms with van der Waals surface area (Å²) >= 11 is 1.89. The number of hydrogen-bond donors (Lipinski definition) is 0. The van der Waals surface area contributed by atoms with Gasteiger partial charge in [0.1, 0.15) is 5.82 Å². The molecule has 2 aliphatic heterocycles. The Balaban J connectivity index is 1.20. The van der Waals surface area contributed by atoms with Gasteiger partial charge in [0.2, 0.25) is 0 Å². The second kappa shape index (κ2) is 10.8. The summed E-state index contributed by atoms with van der Waals surface area (Å²) in [5.74, 6) is 2.96. The third kappa shape index (κ3) is 4.89. The number of hydrogen-bond acceptors (Lipinski definition) is 5. The molecule has 8 heteroatoms. The molecule has 0 N–H and O–H groups in total. The monoisotopic (exact) mass is 539 g/mol. The van der Waals surface area contributed by atoms with E-state index < -0.39 is 0 Å². The van der Waals surface area contributed by atoms with Gasteiger partial charge in [0.15, 0.2) is 0 Å². The average molecular weight is 540 g/mol. The number of benzene rings is 2. The SMILES string of the molecule is Cc1ccc2c(c1)c(C(=O)N1CCN(c3ccc(C(=O)N4CCSCC4)cn3)CC1)c(-c1ccccc1)n2C. The lowest BCUT2D eigenvalue weighted by Gasteiger charge is -2.35. The fourth-order valence-electron chi connectivity index (χ4n) is 5.65. The van der Waals surface area contributed by atoms with E-state index in [-0.39, 0.29) is 11.8 Å². The van der Waals surface area contributed by atoms with Gasteiger partial charge in [0.25, 0.3) is 11.8 Å². The van der Waals surface area contributed by atoms with E-state index in [1.165, 1.54) is 0 Å². The van der Waals surface area contributed by atoms with E-state index in [0.29, 0.717) is 31.7 Å². The van der Waals surface area contributed by atoms with Crippen LogP contribution in [-0.4, -0.2) is 81.9 Å². The molecular weight excluding hydrogens is 506 g/mol. The van der Waals surface area contributed by atoms with Crippen LogP contribution in [0.5, 0.6) is 0 Å². The van der Waals surface area contributed by atoms with Gasteiger partial charge in [-0.25, -0.2) is 4.98 Å². The number of aryl methyl sites for hydroxylation is 2. The van der Waals surface area contributed by atoms with Crippen molar-refractivity contribution >= 4 is 40.3 Å². The lowest BCUT2D eigenvalue weighted by Crippen LogP contribution is -2.49. The second-order valence-corrected chi connectivity index (χ2v) is 11.5. The van der Waals surface area contributed by atoms with Crippen LogP contribution in [0.1, 0.15) is 26.3 Å². The molecule has 0 aliphatic carbocycles. The summed E-state index contributed by atoms with van der Waals surface area (Å²) in [6.45, 7) is 6.28. The normalized spacial score (nSPS) is 16.1. The largest absolute Gasteiger partial charge is 0.353 e. The quantitative estimate of drug-likeness (QED) is 0.376. The van der Waals surface area contributed by atoms with Crippen LogP contribution < -0.4 is 4.90 Å². The number of fused-ring (bicyclic) bond motifs is 1. The number of piperazine rings is 1. The van der Waals surface area contributed by atoms with E-state index >= 15 is 0 Å². The third-order valence-corrected chi connectivity index (χ3v) is 8.74. The highest BCUT2D eigenvalue weighted by Crippen LogP contribution is 2.35. The number of aromatic nitrogens is 2. The molecule has 2 aromatic carbocycles. The summed E-state index contributed by atoms with van der Waals surface area (Å²) in [7, 11) is 2.04. The molecule has 4 heterocycles. The van der Waals surface area contributed by atoms with Gasteiger partial charge in [0, 0.05) is 74.9 Å². The molecule has 2 amide bonds. The minimum absolute atomic E-state index is 0.0595. The first-order valence-electron chi connectivity index (χ1n) is 13.5. The molecule has 0 radical (unpaired) electrons. The number of nitrogens with zero attached hydrogens (tertiary/aromatic N) is 5. The molecule has 6 rings (SSSR count). The van der Waals surface area contributed by atoms with Gasteiger partial charge in [-0.1, -0.05) is 42.0 Å². The Hall–Kier alpha value is -3.78. The molecule has 2 saturated heterocycles. The van der Waals surface area contributed by atoms with Gasteiger partial charge < -0.3 is 19.3 Å². The molecule has 0 atom stereocenters. The predicted octanol–water partition coefficient (Wildman–Crippen LogP) is 4.70. The van der Waals surface area contributed by atoms with Crippen LogP contribution in [0, 0.1) is 6.92 Å². The zero-order valence-corrected chi connectivity index (χ0v) is 23.3. The summed E-state index contributed by atoms with van der Waals surface area (Å²) < 4.78 is 2.14. The van der Waals surface area contributed by atoms with Crippen molar-refractivity contribution in [3.05, 3.63) is 83.6 Å². The second-order valence-electron chi connectivity index (χ2n) is 10.3. The standard InChI is InChI=1S/C31H33N5O2S/c1-22-8-10-26-25(20-22)28(29(33(26)2)23-6-4-3-5-7-23)31(38)35-14-12-34(13-15-35)27-11-9-24(21-32-27)30(37)36-16-18-39-19-17-36/h3-11,20-21H,12-19H2,1-2H3. The molecule has 0 spiro atoms. The van der Waals surface area contributed by atoms with Crippen molar-refractivity contribution in [2.24, 2.45) is 7.05 Å². The lowest BCUT2D eigenvalue weighted by molar-refractivity contribution is 0.0746. The van der Waals surface area contributed by atoms with Crippen LogP contribution in [0.2, 0.25) is 0 Å². The first kappa shape index (κ1) is 25.5. The van der Waals surface area contributed by atoms with Crippen molar-refractivity contribution < 1.29 is 9.59 Å². The summed E-state index contributed by atoms with van der Waals surface area (Å²) in [5.41, 5.74) is 5.60. The Labute approximate surface area is 233 Å². The first-order chi connectivity index (χ1) is 19.0. The predicted molar refractivity (Wildman–Crippen MR) is 159 cm³/mol. The zero-order valence-electron chi connectivity index (χ0n) is 22.5. The van der Waals surface area contributed by atoms with Gasteiger partial charge >= 0.3 is 0 Å². The van der Waals surface area contributed by atoms with Crippen LogP contribution >= 0.6 is 11.8 Å². The molecular formula is C31H33N5O2S. The molecule has 200 valence electrons. The van der Waals surface area contributed by atoms with Crippen molar-refractivity contribution in [1.29, 1.82) is 0 Å². The van der Waals surface area contributed by atoms with E-state index in [1.54, 1.807) is 6.20 Å². The Morgan fingerprint density at radius 1 is 0.821 bits per heavy atom. The highest BCUT2D eigenvalue weighted by molar-refractivity contribution is 7.99. The molecule has 2 aromatic heterocycles. The molecule has 7 nitrogen and oxygen atoms in total. The van der Waals surface area contributed by atoms with E-state index in [2.05, 4.69) is 51.7 Å². The van der Waals surface area contributed by atoms with Crippen LogP contribution in [0.4, 0.5) is 5.82 Å². The van der Waals surface area contributed by atoms with Crippen molar-refractivity contribution in [3.63, 3.8) is 0 Å². The molecule has 0 unspecified atom stereocenters. The maximum Gasteiger partial charge on any atom is 0.256 e. The van der Waals surface area contributed by atoms with Gasteiger partial charge in [-0.3, -0.25) is 9.59 Å². The van der Waals surface area contributed by atoms with Crippen molar-refractivity contribution in [1.82, 2.24) is 19.4 Å².